The van der Waals surface area contributed by atoms with Gasteiger partial charge in [0.2, 0.25) is 0 Å². The molecule has 2 aliphatic rings. The topological polar surface area (TPSA) is 79.0 Å². The van der Waals surface area contributed by atoms with Crippen LogP contribution in [0.3, 0.4) is 0 Å². The molecule has 6 nitrogen and oxygen atoms in total. The van der Waals surface area contributed by atoms with E-state index in [9.17, 15) is 14.0 Å². The first-order valence-electron chi connectivity index (χ1n) is 9.78. The van der Waals surface area contributed by atoms with Crippen molar-refractivity contribution in [1.82, 2.24) is 20.1 Å². The Hall–Kier alpha value is -2.32. The van der Waals surface area contributed by atoms with Crippen molar-refractivity contribution < 1.29 is 14.0 Å². The Kier molecular flexibility index (Phi) is 5.91. The number of halogens is 1. The van der Waals surface area contributed by atoms with E-state index >= 15 is 0 Å². The second-order valence-electron chi connectivity index (χ2n) is 7.55. The molecule has 2 atom stereocenters. The third kappa shape index (κ3) is 4.64. The van der Waals surface area contributed by atoms with Crippen molar-refractivity contribution in [2.24, 2.45) is 5.92 Å². The quantitative estimate of drug-likeness (QED) is 0.781. The monoisotopic (exact) mass is 414 g/mol. The Morgan fingerprint density at radius 3 is 2.76 bits per heavy atom. The summed E-state index contributed by atoms with van der Waals surface area (Å²) in [5.41, 5.74) is 1.42. The SMILES string of the molecule is CC(=O)SC1CCN(C(C(=O)C2CC2)c2ccccc2F)C/C1=C\c1ncn[nH]1. The number of piperidine rings is 1. The number of Topliss-reactive ketones (excluding diaryl/α,β-unsaturated/α-hetero) is 1. The second-order valence-corrected chi connectivity index (χ2v) is 8.93. The Balaban J connectivity index is 1.66. The summed E-state index contributed by atoms with van der Waals surface area (Å²) in [5, 5.41) is 6.75. The predicted octanol–water partition coefficient (Wildman–Crippen LogP) is 3.40. The molecule has 1 aliphatic carbocycles. The fraction of sp³-hybridized carbons (Fsp3) is 0.429. The summed E-state index contributed by atoms with van der Waals surface area (Å²) in [6.45, 7) is 2.65. The van der Waals surface area contributed by atoms with Crippen LogP contribution in [0.2, 0.25) is 0 Å². The number of aromatic nitrogens is 3. The lowest BCUT2D eigenvalue weighted by Crippen LogP contribution is -2.43. The first-order valence-corrected chi connectivity index (χ1v) is 10.7. The molecular formula is C21H23FN4O2S. The normalized spacial score (nSPS) is 22.6. The van der Waals surface area contributed by atoms with Crippen LogP contribution in [0.25, 0.3) is 6.08 Å². The van der Waals surface area contributed by atoms with Gasteiger partial charge in [-0.3, -0.25) is 19.6 Å². The fourth-order valence-corrected chi connectivity index (χ4v) is 4.77. The zero-order valence-electron chi connectivity index (χ0n) is 16.2. The van der Waals surface area contributed by atoms with Gasteiger partial charge >= 0.3 is 0 Å². The Labute approximate surface area is 173 Å². The van der Waals surface area contributed by atoms with Crippen molar-refractivity contribution in [2.45, 2.75) is 37.5 Å². The second kappa shape index (κ2) is 8.59. The molecule has 8 heteroatoms. The molecule has 2 aromatic rings. The molecular weight excluding hydrogens is 391 g/mol. The molecule has 2 unspecified atom stereocenters. The zero-order valence-corrected chi connectivity index (χ0v) is 17.0. The number of likely N-dealkylation sites (tertiary alicyclic amines) is 1. The first-order chi connectivity index (χ1) is 14.0. The van der Waals surface area contributed by atoms with E-state index < -0.39 is 6.04 Å². The highest BCUT2D eigenvalue weighted by atomic mass is 32.2. The fourth-order valence-electron chi connectivity index (χ4n) is 3.86. The highest BCUT2D eigenvalue weighted by Crippen LogP contribution is 2.40. The molecule has 0 bridgehead atoms. The number of ketones is 1. The number of aromatic amines is 1. The number of hydrogen-bond acceptors (Lipinski definition) is 6. The molecule has 0 radical (unpaired) electrons. The van der Waals surface area contributed by atoms with Gasteiger partial charge in [0.15, 0.2) is 10.9 Å². The average Bonchev–Trinajstić information content (AvgIpc) is 3.42. The van der Waals surface area contributed by atoms with Crippen LogP contribution in [-0.4, -0.2) is 49.3 Å². The lowest BCUT2D eigenvalue weighted by atomic mass is 9.93. The summed E-state index contributed by atoms with van der Waals surface area (Å²) in [4.78, 5) is 31.1. The van der Waals surface area contributed by atoms with Gasteiger partial charge in [0, 0.05) is 36.7 Å². The minimum atomic E-state index is -0.606. The summed E-state index contributed by atoms with van der Waals surface area (Å²) >= 11 is 1.29. The Bertz CT molecular complexity index is 927. The molecule has 1 aromatic carbocycles. The van der Waals surface area contributed by atoms with E-state index in [1.165, 1.54) is 24.2 Å². The van der Waals surface area contributed by atoms with Gasteiger partial charge in [0.1, 0.15) is 18.0 Å². The van der Waals surface area contributed by atoms with Gasteiger partial charge in [0.25, 0.3) is 0 Å². The number of hydrogen-bond donors (Lipinski definition) is 1. The summed E-state index contributed by atoms with van der Waals surface area (Å²) < 4.78 is 14.6. The molecule has 29 heavy (non-hydrogen) atoms. The summed E-state index contributed by atoms with van der Waals surface area (Å²) in [6, 6.07) is 5.92. The van der Waals surface area contributed by atoms with Crippen LogP contribution in [0.1, 0.15) is 43.6 Å². The van der Waals surface area contributed by atoms with Crippen molar-refractivity contribution in [3.8, 4) is 0 Å². The smallest absolute Gasteiger partial charge is 0.186 e. The average molecular weight is 415 g/mol. The van der Waals surface area contributed by atoms with Crippen LogP contribution in [0.15, 0.2) is 36.2 Å². The maximum absolute atomic E-state index is 14.6. The van der Waals surface area contributed by atoms with Gasteiger partial charge < -0.3 is 0 Å². The molecule has 1 aliphatic heterocycles. The van der Waals surface area contributed by atoms with Crippen molar-refractivity contribution in [1.29, 1.82) is 0 Å². The zero-order chi connectivity index (χ0) is 20.4. The van der Waals surface area contributed by atoms with Gasteiger partial charge in [-0.05, 0) is 37.0 Å². The van der Waals surface area contributed by atoms with Crippen molar-refractivity contribution in [3.05, 3.63) is 53.4 Å². The van der Waals surface area contributed by atoms with Gasteiger partial charge in [-0.1, -0.05) is 30.0 Å². The summed E-state index contributed by atoms with van der Waals surface area (Å²) in [5.74, 6) is 0.358. The third-order valence-electron chi connectivity index (χ3n) is 5.36. The lowest BCUT2D eigenvalue weighted by Gasteiger charge is -2.38. The van der Waals surface area contributed by atoms with Crippen LogP contribution in [0.5, 0.6) is 0 Å². The van der Waals surface area contributed by atoms with Crippen molar-refractivity contribution in [2.75, 3.05) is 13.1 Å². The molecule has 0 amide bonds. The third-order valence-corrected chi connectivity index (χ3v) is 6.51. The van der Waals surface area contributed by atoms with Crippen LogP contribution < -0.4 is 0 Å². The van der Waals surface area contributed by atoms with Gasteiger partial charge in [-0.15, -0.1) is 0 Å². The van der Waals surface area contributed by atoms with Crippen molar-refractivity contribution >= 4 is 28.7 Å². The number of nitrogens with zero attached hydrogens (tertiary/aromatic N) is 3. The van der Waals surface area contributed by atoms with Gasteiger partial charge in [-0.2, -0.15) is 5.10 Å². The van der Waals surface area contributed by atoms with Crippen LogP contribution in [0, 0.1) is 11.7 Å². The standard InChI is InChI=1S/C21H23FN4O2S/c1-13(27)29-18-8-9-26(11-15(18)10-19-23-12-24-25-19)20(21(28)14-6-7-14)16-4-2-3-5-17(16)22/h2-5,10,12,14,18,20H,6-9,11H2,1H3,(H,23,24,25)/b15-10+. The molecule has 0 spiro atoms. The maximum Gasteiger partial charge on any atom is 0.186 e. The molecule has 152 valence electrons. The number of nitrogens with one attached hydrogen (secondary N) is 1. The van der Waals surface area contributed by atoms with Crippen LogP contribution in [-0.2, 0) is 9.59 Å². The summed E-state index contributed by atoms with van der Waals surface area (Å²) in [7, 11) is 0. The lowest BCUT2D eigenvalue weighted by molar-refractivity contribution is -0.126. The van der Waals surface area contributed by atoms with E-state index in [-0.39, 0.29) is 27.9 Å². The number of thioether (sulfide) groups is 1. The number of benzene rings is 1. The number of rotatable bonds is 6. The van der Waals surface area contributed by atoms with E-state index in [0.717, 1.165) is 18.4 Å². The Morgan fingerprint density at radius 1 is 1.31 bits per heavy atom. The molecule has 1 saturated heterocycles. The number of H-pyrrole nitrogens is 1. The van der Waals surface area contributed by atoms with Gasteiger partial charge in [0.05, 0.1) is 6.04 Å². The molecule has 4 rings (SSSR count). The molecule has 1 N–H and O–H groups in total. The van der Waals surface area contributed by atoms with Crippen LogP contribution in [0.4, 0.5) is 4.39 Å². The van der Waals surface area contributed by atoms with E-state index in [1.54, 1.807) is 25.1 Å². The largest absolute Gasteiger partial charge is 0.297 e. The number of carbonyl (C=O) groups is 2. The molecule has 1 saturated carbocycles. The molecule has 1 aromatic heterocycles. The number of carbonyl (C=O) groups excluding carboxylic acids is 2. The van der Waals surface area contributed by atoms with E-state index in [2.05, 4.69) is 15.2 Å². The van der Waals surface area contributed by atoms with E-state index in [0.29, 0.717) is 30.9 Å². The minimum absolute atomic E-state index is 0.00569. The molecule has 2 heterocycles. The minimum Gasteiger partial charge on any atom is -0.297 e. The van der Waals surface area contributed by atoms with E-state index in [4.69, 9.17) is 0 Å². The van der Waals surface area contributed by atoms with Crippen molar-refractivity contribution in [3.63, 3.8) is 0 Å². The molecule has 2 fully saturated rings. The highest BCUT2D eigenvalue weighted by molar-refractivity contribution is 8.14. The Morgan fingerprint density at radius 2 is 2.10 bits per heavy atom. The first kappa shape index (κ1) is 20.0. The highest BCUT2D eigenvalue weighted by Gasteiger charge is 2.41. The maximum atomic E-state index is 14.6. The summed E-state index contributed by atoms with van der Waals surface area (Å²) in [6.07, 6.45) is 5.77. The predicted molar refractivity (Wildman–Crippen MR) is 109 cm³/mol. The van der Waals surface area contributed by atoms with Gasteiger partial charge in [-0.25, -0.2) is 9.37 Å². The van der Waals surface area contributed by atoms with E-state index in [1.807, 2.05) is 11.0 Å². The van der Waals surface area contributed by atoms with Crippen LogP contribution >= 0.6 is 11.8 Å².